The number of ether oxygens (including phenoxy) is 1. The number of fused-ring (bicyclic) bond motifs is 1. The topological polar surface area (TPSA) is 24.8 Å². The van der Waals surface area contributed by atoms with Crippen LogP contribution in [-0.2, 0) is 0 Å². The third kappa shape index (κ3) is 1.22. The van der Waals surface area contributed by atoms with Crippen LogP contribution in [0.2, 0.25) is 0 Å². The number of benzene rings is 1. The molecule has 2 atom stereocenters. The van der Waals surface area contributed by atoms with Crippen molar-refractivity contribution < 1.29 is 9.13 Å². The first-order valence-corrected chi connectivity index (χ1v) is 5.32. The van der Waals surface area contributed by atoms with E-state index in [9.17, 15) is 4.39 Å². The molecule has 0 saturated heterocycles. The second kappa shape index (κ2) is 2.97. The van der Waals surface area contributed by atoms with Gasteiger partial charge in [-0.3, -0.25) is 5.01 Å². The molecule has 1 heterocycles. The van der Waals surface area contributed by atoms with E-state index in [1.165, 1.54) is 13.2 Å². The Bertz CT molecular complexity index is 474. The normalized spacial score (nSPS) is 30.4. The highest BCUT2D eigenvalue weighted by atomic mass is 19.1. The molecule has 0 radical (unpaired) electrons. The van der Waals surface area contributed by atoms with Crippen LogP contribution in [0.5, 0.6) is 5.75 Å². The molecule has 0 N–H and O–H groups in total. The van der Waals surface area contributed by atoms with Crippen molar-refractivity contribution in [2.45, 2.75) is 19.4 Å². The van der Waals surface area contributed by atoms with E-state index in [-0.39, 0.29) is 17.0 Å². The smallest absolute Gasteiger partial charge is 0.167 e. The van der Waals surface area contributed by atoms with Crippen molar-refractivity contribution in [3.63, 3.8) is 0 Å². The summed E-state index contributed by atoms with van der Waals surface area (Å²) >= 11 is 0. The number of anilines is 1. The maximum Gasteiger partial charge on any atom is 0.167 e. The zero-order valence-electron chi connectivity index (χ0n) is 9.27. The van der Waals surface area contributed by atoms with E-state index in [0.29, 0.717) is 6.04 Å². The number of halogens is 1. The molecule has 0 bridgehead atoms. The Hall–Kier alpha value is -1.58. The Labute approximate surface area is 93.5 Å². The van der Waals surface area contributed by atoms with E-state index in [1.54, 1.807) is 6.07 Å². The van der Waals surface area contributed by atoms with Crippen LogP contribution < -0.4 is 9.75 Å². The number of methoxy groups -OCH3 is 1. The van der Waals surface area contributed by atoms with Gasteiger partial charge in [0.15, 0.2) is 11.6 Å². The zero-order valence-corrected chi connectivity index (χ0v) is 9.27. The van der Waals surface area contributed by atoms with Crippen LogP contribution in [0.25, 0.3) is 0 Å². The minimum atomic E-state index is -0.343. The predicted octanol–water partition coefficient (Wildman–Crippen LogP) is 2.42. The molecular weight excluding hydrogens is 207 g/mol. The van der Waals surface area contributed by atoms with Gasteiger partial charge in [-0.1, -0.05) is 6.92 Å². The van der Waals surface area contributed by atoms with E-state index in [4.69, 9.17) is 4.74 Å². The van der Waals surface area contributed by atoms with Crippen molar-refractivity contribution in [1.82, 2.24) is 0 Å². The number of hydrazone groups is 1. The molecule has 0 spiro atoms. The number of rotatable bonds is 2. The third-order valence-corrected chi connectivity index (χ3v) is 3.41. The van der Waals surface area contributed by atoms with Crippen LogP contribution >= 0.6 is 0 Å². The van der Waals surface area contributed by atoms with Crippen molar-refractivity contribution in [2.24, 2.45) is 10.5 Å². The standard InChI is InChI=1S/C12H13FN2O/c1-12-6-11(12)15(14-7-12)8-3-4-10(16-2)9(13)5-8/h3-5,7,11H,6H2,1-2H3. The van der Waals surface area contributed by atoms with E-state index >= 15 is 0 Å². The van der Waals surface area contributed by atoms with Crippen molar-refractivity contribution in [2.75, 3.05) is 12.1 Å². The average molecular weight is 220 g/mol. The SMILES string of the molecule is COc1ccc(N2N=CC3(C)CC23)cc1F. The largest absolute Gasteiger partial charge is 0.494 e. The van der Waals surface area contributed by atoms with Crippen LogP contribution in [0.3, 0.4) is 0 Å². The molecular formula is C12H13FN2O. The van der Waals surface area contributed by atoms with Crippen LogP contribution in [0.15, 0.2) is 23.3 Å². The molecule has 1 fully saturated rings. The molecule has 1 saturated carbocycles. The van der Waals surface area contributed by atoms with E-state index in [0.717, 1.165) is 12.1 Å². The number of nitrogens with zero attached hydrogens (tertiary/aromatic N) is 2. The van der Waals surface area contributed by atoms with Gasteiger partial charge >= 0.3 is 0 Å². The zero-order chi connectivity index (χ0) is 11.3. The molecule has 1 aromatic rings. The summed E-state index contributed by atoms with van der Waals surface area (Å²) in [5, 5.41) is 6.20. The Morgan fingerprint density at radius 2 is 2.38 bits per heavy atom. The van der Waals surface area contributed by atoms with Gasteiger partial charge in [-0.2, -0.15) is 5.10 Å². The molecule has 3 nitrogen and oxygen atoms in total. The lowest BCUT2D eigenvalue weighted by atomic mass is 10.2. The molecule has 84 valence electrons. The summed E-state index contributed by atoms with van der Waals surface area (Å²) in [6.45, 7) is 2.17. The lowest BCUT2D eigenvalue weighted by Gasteiger charge is -2.16. The van der Waals surface area contributed by atoms with Gasteiger partial charge in [-0.05, 0) is 18.6 Å². The molecule has 1 aliphatic carbocycles. The van der Waals surface area contributed by atoms with Gasteiger partial charge in [-0.25, -0.2) is 4.39 Å². The molecule has 3 rings (SSSR count). The van der Waals surface area contributed by atoms with Crippen molar-refractivity contribution in [3.05, 3.63) is 24.0 Å². The highest BCUT2D eigenvalue weighted by Gasteiger charge is 2.56. The van der Waals surface area contributed by atoms with Crippen LogP contribution in [0.1, 0.15) is 13.3 Å². The Kier molecular flexibility index (Phi) is 1.79. The summed E-state index contributed by atoms with van der Waals surface area (Å²) in [5.74, 6) is -0.0741. The highest BCUT2D eigenvalue weighted by molar-refractivity contribution is 5.79. The summed E-state index contributed by atoms with van der Waals surface area (Å²) in [6, 6.07) is 5.35. The fourth-order valence-electron chi connectivity index (χ4n) is 2.18. The van der Waals surface area contributed by atoms with Gasteiger partial charge in [0.05, 0.1) is 18.8 Å². The first-order chi connectivity index (χ1) is 7.64. The number of hydrogen-bond donors (Lipinski definition) is 0. The van der Waals surface area contributed by atoms with Crippen LogP contribution in [-0.4, -0.2) is 19.4 Å². The summed E-state index contributed by atoms with van der Waals surface area (Å²) in [6.07, 6.45) is 3.06. The van der Waals surface area contributed by atoms with E-state index in [1.807, 2.05) is 17.3 Å². The van der Waals surface area contributed by atoms with Gasteiger partial charge in [0.2, 0.25) is 0 Å². The first kappa shape index (κ1) is 9.63. The molecule has 0 amide bonds. The Balaban J connectivity index is 1.91. The average Bonchev–Trinajstić information content (AvgIpc) is 2.82. The lowest BCUT2D eigenvalue weighted by molar-refractivity contribution is 0.386. The van der Waals surface area contributed by atoms with E-state index < -0.39 is 0 Å². The van der Waals surface area contributed by atoms with Crippen molar-refractivity contribution in [1.29, 1.82) is 0 Å². The summed E-state index contributed by atoms with van der Waals surface area (Å²) < 4.78 is 18.4. The number of hydrogen-bond acceptors (Lipinski definition) is 3. The maximum atomic E-state index is 13.5. The third-order valence-electron chi connectivity index (χ3n) is 3.41. The molecule has 1 aromatic carbocycles. The summed E-state index contributed by atoms with van der Waals surface area (Å²) in [7, 11) is 1.46. The minimum Gasteiger partial charge on any atom is -0.494 e. The fourth-order valence-corrected chi connectivity index (χ4v) is 2.18. The molecule has 4 heteroatoms. The van der Waals surface area contributed by atoms with Crippen molar-refractivity contribution in [3.8, 4) is 5.75 Å². The Morgan fingerprint density at radius 1 is 1.56 bits per heavy atom. The van der Waals surface area contributed by atoms with Gasteiger partial charge < -0.3 is 4.74 Å². The Morgan fingerprint density at radius 3 is 2.88 bits per heavy atom. The maximum absolute atomic E-state index is 13.5. The molecule has 1 aliphatic heterocycles. The lowest BCUT2D eigenvalue weighted by Crippen LogP contribution is -2.17. The fraction of sp³-hybridized carbons (Fsp3) is 0.417. The predicted molar refractivity (Wildman–Crippen MR) is 60.4 cm³/mol. The first-order valence-electron chi connectivity index (χ1n) is 5.32. The quantitative estimate of drug-likeness (QED) is 0.764. The molecule has 16 heavy (non-hydrogen) atoms. The van der Waals surface area contributed by atoms with Crippen molar-refractivity contribution >= 4 is 11.9 Å². The van der Waals surface area contributed by atoms with Gasteiger partial charge in [0.25, 0.3) is 0 Å². The second-order valence-electron chi connectivity index (χ2n) is 4.63. The molecule has 0 aromatic heterocycles. The van der Waals surface area contributed by atoms with E-state index in [2.05, 4.69) is 12.0 Å². The van der Waals surface area contributed by atoms with Gasteiger partial charge in [0, 0.05) is 17.7 Å². The summed E-state index contributed by atoms with van der Waals surface area (Å²) in [5.41, 5.74) is 0.997. The van der Waals surface area contributed by atoms with Gasteiger partial charge in [-0.15, -0.1) is 0 Å². The minimum absolute atomic E-state index is 0.205. The molecule has 2 aliphatic rings. The van der Waals surface area contributed by atoms with Crippen LogP contribution in [0.4, 0.5) is 10.1 Å². The highest BCUT2D eigenvalue weighted by Crippen LogP contribution is 2.52. The monoisotopic (exact) mass is 220 g/mol. The van der Waals surface area contributed by atoms with Crippen LogP contribution in [0, 0.1) is 11.2 Å². The molecule has 2 unspecified atom stereocenters. The summed E-state index contributed by atoms with van der Waals surface area (Å²) in [4.78, 5) is 0. The van der Waals surface area contributed by atoms with Gasteiger partial charge in [0.1, 0.15) is 0 Å². The second-order valence-corrected chi connectivity index (χ2v) is 4.63.